The number of hydrogen-bond acceptors (Lipinski definition) is 4. The minimum absolute atomic E-state index is 0.112. The number of piperidine rings is 1. The highest BCUT2D eigenvalue weighted by molar-refractivity contribution is 5.94. The lowest BCUT2D eigenvalue weighted by Gasteiger charge is -2.41. The topological polar surface area (TPSA) is 73.7 Å². The van der Waals surface area contributed by atoms with Crippen LogP contribution in [0.5, 0.6) is 0 Å². The molecule has 0 bridgehead atoms. The van der Waals surface area contributed by atoms with Gasteiger partial charge in [-0.25, -0.2) is 0 Å². The van der Waals surface area contributed by atoms with Crippen LogP contribution in [0.25, 0.3) is 0 Å². The number of nitrogens with zero attached hydrogens (tertiary/aromatic N) is 2. The van der Waals surface area contributed by atoms with Crippen LogP contribution in [0.2, 0.25) is 0 Å². The zero-order chi connectivity index (χ0) is 14.8. The molecular weight excluding hydrogens is 256 g/mol. The van der Waals surface area contributed by atoms with Crippen molar-refractivity contribution < 1.29 is 15.0 Å². The fraction of sp³-hybridized carbons (Fsp3) is 0.600. The van der Waals surface area contributed by atoms with Crippen LogP contribution >= 0.6 is 0 Å². The number of aryl methyl sites for hydroxylation is 1. The molecule has 1 fully saturated rings. The summed E-state index contributed by atoms with van der Waals surface area (Å²) < 4.78 is 0. The summed E-state index contributed by atoms with van der Waals surface area (Å²) in [4.78, 5) is 18.2. The van der Waals surface area contributed by atoms with E-state index in [0.717, 1.165) is 12.1 Å². The summed E-state index contributed by atoms with van der Waals surface area (Å²) in [6.07, 6.45) is 2.42. The molecule has 2 heterocycles. The molecule has 1 aromatic rings. The Kier molecular flexibility index (Phi) is 4.40. The molecule has 0 radical (unpaired) electrons. The van der Waals surface area contributed by atoms with E-state index in [1.807, 2.05) is 13.8 Å². The number of β-amino-alcohol motifs (C(OH)–C–C–N with tert-alkyl or cyclic N) is 1. The highest BCUT2D eigenvalue weighted by Gasteiger charge is 2.40. The monoisotopic (exact) mass is 278 g/mol. The first-order valence-electron chi connectivity index (χ1n) is 7.14. The molecule has 0 aliphatic carbocycles. The standard InChI is InChI=1S/C15H22N2O3/c1-3-12-9-11(5-7-16-12)14(19)17-8-6-15(20,4-2)13(18)10-17/h5,7,9,13,18,20H,3-4,6,8,10H2,1-2H3/t13-,15-/m1/s1. The summed E-state index contributed by atoms with van der Waals surface area (Å²) in [5.74, 6) is -0.112. The van der Waals surface area contributed by atoms with Gasteiger partial charge in [0.1, 0.15) is 6.10 Å². The van der Waals surface area contributed by atoms with Crippen molar-refractivity contribution in [1.82, 2.24) is 9.88 Å². The molecule has 0 unspecified atom stereocenters. The van der Waals surface area contributed by atoms with Gasteiger partial charge in [-0.3, -0.25) is 9.78 Å². The number of aliphatic hydroxyl groups is 2. The molecule has 20 heavy (non-hydrogen) atoms. The second-order valence-electron chi connectivity index (χ2n) is 5.36. The van der Waals surface area contributed by atoms with E-state index in [2.05, 4.69) is 4.98 Å². The third-order valence-corrected chi connectivity index (χ3v) is 4.15. The van der Waals surface area contributed by atoms with Gasteiger partial charge in [0.05, 0.1) is 5.60 Å². The summed E-state index contributed by atoms with van der Waals surface area (Å²) in [5.41, 5.74) is 0.397. The maximum atomic E-state index is 12.4. The molecule has 2 atom stereocenters. The predicted molar refractivity (Wildman–Crippen MR) is 75.4 cm³/mol. The van der Waals surface area contributed by atoms with Gasteiger partial charge in [-0.15, -0.1) is 0 Å². The Morgan fingerprint density at radius 2 is 2.30 bits per heavy atom. The van der Waals surface area contributed by atoms with Crippen molar-refractivity contribution >= 4 is 5.91 Å². The molecule has 2 N–H and O–H groups in total. The second kappa shape index (κ2) is 5.89. The Morgan fingerprint density at radius 3 is 2.90 bits per heavy atom. The van der Waals surface area contributed by atoms with Crippen LogP contribution < -0.4 is 0 Å². The van der Waals surface area contributed by atoms with Gasteiger partial charge < -0.3 is 15.1 Å². The van der Waals surface area contributed by atoms with E-state index < -0.39 is 11.7 Å². The van der Waals surface area contributed by atoms with E-state index in [9.17, 15) is 15.0 Å². The van der Waals surface area contributed by atoms with Crippen LogP contribution in [0.4, 0.5) is 0 Å². The second-order valence-corrected chi connectivity index (χ2v) is 5.36. The van der Waals surface area contributed by atoms with Gasteiger partial charge in [0.15, 0.2) is 0 Å². The Labute approximate surface area is 119 Å². The van der Waals surface area contributed by atoms with Crippen LogP contribution in [-0.4, -0.2) is 50.8 Å². The average molecular weight is 278 g/mol. The van der Waals surface area contributed by atoms with Crippen molar-refractivity contribution in [2.75, 3.05) is 13.1 Å². The Morgan fingerprint density at radius 1 is 1.55 bits per heavy atom. The summed E-state index contributed by atoms with van der Waals surface area (Å²) in [5, 5.41) is 20.2. The van der Waals surface area contributed by atoms with Crippen LogP contribution in [-0.2, 0) is 6.42 Å². The number of hydrogen-bond donors (Lipinski definition) is 2. The number of carbonyl (C=O) groups is 1. The number of aromatic nitrogens is 1. The summed E-state index contributed by atoms with van der Waals surface area (Å²) in [7, 11) is 0. The lowest BCUT2D eigenvalue weighted by Crippen LogP contribution is -2.56. The van der Waals surface area contributed by atoms with E-state index in [-0.39, 0.29) is 12.5 Å². The van der Waals surface area contributed by atoms with Crippen molar-refractivity contribution in [2.45, 2.75) is 44.8 Å². The van der Waals surface area contributed by atoms with Gasteiger partial charge >= 0.3 is 0 Å². The highest BCUT2D eigenvalue weighted by Crippen LogP contribution is 2.26. The van der Waals surface area contributed by atoms with Gasteiger partial charge in [0, 0.05) is 30.5 Å². The Balaban J connectivity index is 2.11. The molecule has 1 amide bonds. The minimum Gasteiger partial charge on any atom is -0.388 e. The van der Waals surface area contributed by atoms with Gasteiger partial charge in [0.25, 0.3) is 5.91 Å². The van der Waals surface area contributed by atoms with Crippen molar-refractivity contribution in [1.29, 1.82) is 0 Å². The third-order valence-electron chi connectivity index (χ3n) is 4.15. The quantitative estimate of drug-likeness (QED) is 0.865. The maximum Gasteiger partial charge on any atom is 0.254 e. The van der Waals surface area contributed by atoms with Gasteiger partial charge in [-0.1, -0.05) is 13.8 Å². The zero-order valence-corrected chi connectivity index (χ0v) is 12.0. The number of pyridine rings is 1. The Bertz CT molecular complexity index is 492. The molecule has 1 aromatic heterocycles. The maximum absolute atomic E-state index is 12.4. The lowest BCUT2D eigenvalue weighted by atomic mass is 9.86. The molecule has 110 valence electrons. The minimum atomic E-state index is -1.07. The molecule has 0 spiro atoms. The highest BCUT2D eigenvalue weighted by atomic mass is 16.3. The fourth-order valence-corrected chi connectivity index (χ4v) is 2.55. The number of rotatable bonds is 3. The molecule has 0 aromatic carbocycles. The van der Waals surface area contributed by atoms with E-state index in [0.29, 0.717) is 24.9 Å². The van der Waals surface area contributed by atoms with Crippen molar-refractivity contribution in [3.05, 3.63) is 29.6 Å². The SMILES string of the molecule is CCc1cc(C(=O)N2CC[C@](O)(CC)[C@H](O)C2)ccn1. The van der Waals surface area contributed by atoms with Crippen LogP contribution in [0.1, 0.15) is 42.7 Å². The van der Waals surface area contributed by atoms with Crippen LogP contribution in [0, 0.1) is 0 Å². The lowest BCUT2D eigenvalue weighted by molar-refractivity contribution is -0.114. The molecule has 1 aliphatic heterocycles. The van der Waals surface area contributed by atoms with Crippen LogP contribution in [0.3, 0.4) is 0 Å². The summed E-state index contributed by atoms with van der Waals surface area (Å²) >= 11 is 0. The number of carbonyl (C=O) groups excluding carboxylic acids is 1. The van der Waals surface area contributed by atoms with Gasteiger partial charge in [-0.2, -0.15) is 0 Å². The zero-order valence-electron chi connectivity index (χ0n) is 12.0. The summed E-state index contributed by atoms with van der Waals surface area (Å²) in [6.45, 7) is 4.47. The largest absolute Gasteiger partial charge is 0.388 e. The molecule has 1 aliphatic rings. The van der Waals surface area contributed by atoms with Crippen molar-refractivity contribution in [2.24, 2.45) is 0 Å². The first-order chi connectivity index (χ1) is 9.50. The fourth-order valence-electron chi connectivity index (χ4n) is 2.55. The molecule has 5 nitrogen and oxygen atoms in total. The summed E-state index contributed by atoms with van der Waals surface area (Å²) in [6, 6.07) is 3.48. The third kappa shape index (κ3) is 2.83. The van der Waals surface area contributed by atoms with Crippen molar-refractivity contribution in [3.63, 3.8) is 0 Å². The molecule has 2 rings (SSSR count). The van der Waals surface area contributed by atoms with Crippen molar-refractivity contribution in [3.8, 4) is 0 Å². The molecule has 1 saturated heterocycles. The van der Waals surface area contributed by atoms with E-state index in [4.69, 9.17) is 0 Å². The first kappa shape index (κ1) is 14.9. The van der Waals surface area contributed by atoms with Gasteiger partial charge in [0.2, 0.25) is 0 Å². The molecular formula is C15H22N2O3. The molecule has 0 saturated carbocycles. The van der Waals surface area contributed by atoms with Crippen LogP contribution in [0.15, 0.2) is 18.3 Å². The van der Waals surface area contributed by atoms with E-state index >= 15 is 0 Å². The average Bonchev–Trinajstić information content (AvgIpc) is 2.49. The number of amides is 1. The first-order valence-corrected chi connectivity index (χ1v) is 7.14. The predicted octanol–water partition coefficient (Wildman–Crippen LogP) is 0.992. The number of aliphatic hydroxyl groups excluding tert-OH is 1. The Hall–Kier alpha value is -1.46. The normalized spacial score (nSPS) is 26.6. The smallest absolute Gasteiger partial charge is 0.254 e. The van der Waals surface area contributed by atoms with Gasteiger partial charge in [-0.05, 0) is 31.4 Å². The number of likely N-dealkylation sites (tertiary alicyclic amines) is 1. The molecule has 5 heteroatoms. The van der Waals surface area contributed by atoms with E-state index in [1.54, 1.807) is 23.2 Å². The van der Waals surface area contributed by atoms with E-state index in [1.165, 1.54) is 0 Å².